The molecule has 1 N–H and O–H groups in total. The number of hydrogen-bond acceptors (Lipinski definition) is 4. The molecule has 0 radical (unpaired) electrons. The minimum Gasteiger partial charge on any atom is -0.377 e. The number of aromatic nitrogens is 2. The molecule has 2 aliphatic rings. The molecule has 0 aliphatic carbocycles. The van der Waals surface area contributed by atoms with E-state index in [1.165, 1.54) is 6.07 Å². The van der Waals surface area contributed by atoms with Crippen LogP contribution in [0.15, 0.2) is 36.8 Å². The van der Waals surface area contributed by atoms with Crippen LogP contribution in [0.25, 0.3) is 0 Å². The summed E-state index contributed by atoms with van der Waals surface area (Å²) in [6.07, 6.45) is 4.02. The molecule has 26 heavy (non-hydrogen) atoms. The number of nitrogens with zero attached hydrogens (tertiary/aromatic N) is 2. The van der Waals surface area contributed by atoms with Crippen molar-refractivity contribution in [2.45, 2.75) is 30.5 Å². The van der Waals surface area contributed by atoms with E-state index in [1.807, 2.05) is 6.07 Å². The van der Waals surface area contributed by atoms with Gasteiger partial charge < -0.3 is 19.4 Å². The van der Waals surface area contributed by atoms with E-state index in [-0.39, 0.29) is 30.2 Å². The fourth-order valence-corrected chi connectivity index (χ4v) is 4.10. The third kappa shape index (κ3) is 3.12. The standard InChI is InChI=1S/C19H22FN3O3/c1-25-17-9-23(18(24)6-16-8-21-12-22-16)11-19(17)7-14(10-26-19)13-3-2-4-15(20)5-13/h2-5,8,12,14,17H,6-7,9-11H2,1H3,(H,21,22)/t14-,17-,19-/m1/s1. The lowest BCUT2D eigenvalue weighted by Gasteiger charge is -2.28. The SMILES string of the molecule is CO[C@@H]1CN(C(=O)Cc2cnc[nH]2)C[C@]12C[C@@H](c1cccc(F)c1)CO2. The summed E-state index contributed by atoms with van der Waals surface area (Å²) in [5.74, 6) is -0.119. The predicted molar refractivity (Wildman–Crippen MR) is 92.1 cm³/mol. The third-order valence-electron chi connectivity index (χ3n) is 5.45. The molecule has 4 rings (SSSR count). The van der Waals surface area contributed by atoms with Crippen molar-refractivity contribution in [1.29, 1.82) is 0 Å². The van der Waals surface area contributed by atoms with E-state index in [4.69, 9.17) is 9.47 Å². The second kappa shape index (κ2) is 6.81. The molecule has 0 saturated carbocycles. The predicted octanol–water partition coefficient (Wildman–Crippen LogP) is 1.89. The molecular formula is C19H22FN3O3. The maximum absolute atomic E-state index is 13.6. The minimum absolute atomic E-state index is 0.0194. The van der Waals surface area contributed by atoms with E-state index < -0.39 is 5.60 Å². The highest BCUT2D eigenvalue weighted by Gasteiger charge is 2.54. The van der Waals surface area contributed by atoms with Gasteiger partial charge in [-0.05, 0) is 24.1 Å². The summed E-state index contributed by atoms with van der Waals surface area (Å²) in [5, 5.41) is 0. The van der Waals surface area contributed by atoms with E-state index in [0.29, 0.717) is 26.1 Å². The van der Waals surface area contributed by atoms with Crippen LogP contribution in [-0.4, -0.2) is 59.3 Å². The zero-order valence-electron chi connectivity index (χ0n) is 14.7. The number of carbonyl (C=O) groups is 1. The zero-order valence-corrected chi connectivity index (χ0v) is 14.7. The van der Waals surface area contributed by atoms with E-state index in [2.05, 4.69) is 9.97 Å². The fourth-order valence-electron chi connectivity index (χ4n) is 4.10. The number of methoxy groups -OCH3 is 1. The molecule has 1 aromatic carbocycles. The van der Waals surface area contributed by atoms with Gasteiger partial charge in [-0.3, -0.25) is 4.79 Å². The van der Waals surface area contributed by atoms with Gasteiger partial charge in [-0.1, -0.05) is 12.1 Å². The summed E-state index contributed by atoms with van der Waals surface area (Å²) in [6, 6.07) is 6.65. The van der Waals surface area contributed by atoms with Crippen molar-refractivity contribution in [3.8, 4) is 0 Å². The number of benzene rings is 1. The van der Waals surface area contributed by atoms with Gasteiger partial charge >= 0.3 is 0 Å². The summed E-state index contributed by atoms with van der Waals surface area (Å²) in [4.78, 5) is 21.3. The first-order chi connectivity index (χ1) is 12.6. The van der Waals surface area contributed by atoms with Crippen LogP contribution in [0.4, 0.5) is 4.39 Å². The Labute approximate surface area is 151 Å². The van der Waals surface area contributed by atoms with Crippen molar-refractivity contribution in [2.24, 2.45) is 0 Å². The van der Waals surface area contributed by atoms with Gasteiger partial charge in [0.25, 0.3) is 0 Å². The number of carbonyl (C=O) groups excluding carboxylic acids is 1. The number of halogens is 1. The van der Waals surface area contributed by atoms with Crippen LogP contribution in [0.2, 0.25) is 0 Å². The molecule has 138 valence electrons. The number of aromatic amines is 1. The van der Waals surface area contributed by atoms with Crippen molar-refractivity contribution in [1.82, 2.24) is 14.9 Å². The van der Waals surface area contributed by atoms with E-state index in [0.717, 1.165) is 11.3 Å². The number of likely N-dealkylation sites (tertiary alicyclic amines) is 1. The van der Waals surface area contributed by atoms with Gasteiger partial charge in [0, 0.05) is 31.5 Å². The molecule has 3 atom stereocenters. The van der Waals surface area contributed by atoms with Gasteiger partial charge in [0.15, 0.2) is 0 Å². The Balaban J connectivity index is 1.48. The smallest absolute Gasteiger partial charge is 0.228 e. The first-order valence-corrected chi connectivity index (χ1v) is 8.77. The van der Waals surface area contributed by atoms with Crippen molar-refractivity contribution >= 4 is 5.91 Å². The van der Waals surface area contributed by atoms with Crippen LogP contribution < -0.4 is 0 Å². The lowest BCUT2D eigenvalue weighted by Crippen LogP contribution is -2.42. The molecule has 0 unspecified atom stereocenters. The Kier molecular flexibility index (Phi) is 4.50. The quantitative estimate of drug-likeness (QED) is 0.905. The summed E-state index contributed by atoms with van der Waals surface area (Å²) in [6.45, 7) is 1.50. The van der Waals surface area contributed by atoms with Crippen LogP contribution in [0.3, 0.4) is 0 Å². The van der Waals surface area contributed by atoms with Gasteiger partial charge in [0.1, 0.15) is 17.5 Å². The first-order valence-electron chi connectivity index (χ1n) is 8.77. The number of H-pyrrole nitrogens is 1. The number of nitrogens with one attached hydrogen (secondary N) is 1. The molecule has 1 amide bonds. The van der Waals surface area contributed by atoms with Crippen LogP contribution in [-0.2, 0) is 20.7 Å². The second-order valence-electron chi connectivity index (χ2n) is 7.08. The van der Waals surface area contributed by atoms with Crippen molar-refractivity contribution in [2.75, 3.05) is 26.8 Å². The molecule has 7 heteroatoms. The van der Waals surface area contributed by atoms with Crippen LogP contribution in [0, 0.1) is 5.82 Å². The highest BCUT2D eigenvalue weighted by Crippen LogP contribution is 2.43. The van der Waals surface area contributed by atoms with Gasteiger partial charge in [0.05, 0.1) is 25.9 Å². The lowest BCUT2D eigenvalue weighted by atomic mass is 9.87. The van der Waals surface area contributed by atoms with Crippen LogP contribution in [0.1, 0.15) is 23.6 Å². The topological polar surface area (TPSA) is 67.5 Å². The number of rotatable bonds is 4. The largest absolute Gasteiger partial charge is 0.377 e. The average Bonchev–Trinajstić information content (AvgIpc) is 3.36. The maximum atomic E-state index is 13.6. The Morgan fingerprint density at radius 2 is 2.42 bits per heavy atom. The van der Waals surface area contributed by atoms with E-state index in [9.17, 15) is 9.18 Å². The normalized spacial score (nSPS) is 28.2. The molecule has 3 heterocycles. The summed E-state index contributed by atoms with van der Waals surface area (Å²) >= 11 is 0. The Morgan fingerprint density at radius 3 is 3.15 bits per heavy atom. The molecular weight excluding hydrogens is 337 g/mol. The minimum atomic E-state index is -0.532. The summed E-state index contributed by atoms with van der Waals surface area (Å²) in [5.41, 5.74) is 1.18. The van der Waals surface area contributed by atoms with E-state index >= 15 is 0 Å². The molecule has 2 saturated heterocycles. The van der Waals surface area contributed by atoms with Crippen LogP contribution in [0.5, 0.6) is 0 Å². The number of amides is 1. The van der Waals surface area contributed by atoms with Gasteiger partial charge in [-0.25, -0.2) is 9.37 Å². The molecule has 1 spiro atoms. The average molecular weight is 359 g/mol. The summed E-state index contributed by atoms with van der Waals surface area (Å²) in [7, 11) is 1.65. The maximum Gasteiger partial charge on any atom is 0.228 e. The van der Waals surface area contributed by atoms with Gasteiger partial charge in [-0.2, -0.15) is 0 Å². The molecule has 2 aromatic rings. The number of imidazole rings is 1. The summed E-state index contributed by atoms with van der Waals surface area (Å²) < 4.78 is 25.4. The molecule has 2 aliphatic heterocycles. The Morgan fingerprint density at radius 1 is 1.54 bits per heavy atom. The second-order valence-corrected chi connectivity index (χ2v) is 7.08. The van der Waals surface area contributed by atoms with E-state index in [1.54, 1.807) is 36.7 Å². The van der Waals surface area contributed by atoms with Crippen molar-refractivity contribution in [3.63, 3.8) is 0 Å². The monoisotopic (exact) mass is 359 g/mol. The fraction of sp³-hybridized carbons (Fsp3) is 0.474. The molecule has 2 fully saturated rings. The third-order valence-corrected chi connectivity index (χ3v) is 5.45. The number of ether oxygens (including phenoxy) is 2. The van der Waals surface area contributed by atoms with Crippen LogP contribution >= 0.6 is 0 Å². The molecule has 6 nitrogen and oxygen atoms in total. The first kappa shape index (κ1) is 17.2. The Bertz CT molecular complexity index is 782. The van der Waals surface area contributed by atoms with Gasteiger partial charge in [-0.15, -0.1) is 0 Å². The Hall–Kier alpha value is -2.25. The van der Waals surface area contributed by atoms with Gasteiger partial charge in [0.2, 0.25) is 5.91 Å². The molecule has 0 bridgehead atoms. The lowest BCUT2D eigenvalue weighted by molar-refractivity contribution is -0.130. The zero-order chi connectivity index (χ0) is 18.1. The van der Waals surface area contributed by atoms with Crippen molar-refractivity contribution in [3.05, 3.63) is 53.9 Å². The number of hydrogen-bond donors (Lipinski definition) is 1. The molecule has 1 aromatic heterocycles. The highest BCUT2D eigenvalue weighted by atomic mass is 19.1. The highest BCUT2D eigenvalue weighted by molar-refractivity contribution is 5.78. The van der Waals surface area contributed by atoms with Crippen molar-refractivity contribution < 1.29 is 18.7 Å².